The summed E-state index contributed by atoms with van der Waals surface area (Å²) in [5, 5.41) is 9.00. The molecule has 0 aromatic rings. The maximum absolute atomic E-state index is 10.9. The van der Waals surface area contributed by atoms with E-state index in [0.717, 1.165) is 12.8 Å². The molecule has 2 bridgehead atoms. The van der Waals surface area contributed by atoms with Gasteiger partial charge in [-0.3, -0.25) is 4.90 Å². The zero-order valence-corrected chi connectivity index (χ0v) is 8.03. The molecule has 2 aliphatic rings. The molecular weight excluding hydrogens is 166 g/mol. The van der Waals surface area contributed by atoms with E-state index in [1.54, 1.807) is 0 Å². The molecule has 1 N–H and O–H groups in total. The van der Waals surface area contributed by atoms with E-state index in [-0.39, 0.29) is 6.04 Å². The van der Waals surface area contributed by atoms with Crippen molar-refractivity contribution in [1.29, 1.82) is 0 Å². The van der Waals surface area contributed by atoms with Crippen LogP contribution >= 0.6 is 0 Å². The van der Waals surface area contributed by atoms with Gasteiger partial charge in [-0.15, -0.1) is 0 Å². The second-order valence-corrected chi connectivity index (χ2v) is 4.11. The third kappa shape index (κ3) is 1.18. The highest BCUT2D eigenvalue weighted by Crippen LogP contribution is 2.37. The van der Waals surface area contributed by atoms with Gasteiger partial charge in [-0.2, -0.15) is 0 Å². The molecule has 3 atom stereocenters. The second kappa shape index (κ2) is 2.84. The van der Waals surface area contributed by atoms with Crippen LogP contribution in [0.4, 0.5) is 0 Å². The number of hydrogen-bond donors (Lipinski definition) is 1. The molecule has 13 heavy (non-hydrogen) atoms. The summed E-state index contributed by atoms with van der Waals surface area (Å²) < 4.78 is 0. The van der Waals surface area contributed by atoms with Crippen LogP contribution in [0.25, 0.3) is 0 Å². The van der Waals surface area contributed by atoms with E-state index >= 15 is 0 Å². The van der Waals surface area contributed by atoms with E-state index in [9.17, 15) is 4.79 Å². The molecule has 2 heterocycles. The molecule has 0 aliphatic carbocycles. The zero-order chi connectivity index (χ0) is 9.59. The van der Waals surface area contributed by atoms with E-state index < -0.39 is 5.97 Å². The van der Waals surface area contributed by atoms with Crippen LogP contribution in [-0.2, 0) is 4.79 Å². The van der Waals surface area contributed by atoms with Crippen LogP contribution in [-0.4, -0.2) is 35.1 Å². The Morgan fingerprint density at radius 3 is 2.92 bits per heavy atom. The molecule has 0 radical (unpaired) electrons. The molecule has 0 aromatic carbocycles. The van der Waals surface area contributed by atoms with Crippen LogP contribution in [0.3, 0.4) is 0 Å². The summed E-state index contributed by atoms with van der Waals surface area (Å²) in [4.78, 5) is 13.2. The Morgan fingerprint density at radius 1 is 1.62 bits per heavy atom. The SMILES string of the molecule is CC1C=C(C(=O)O)[C@H]2CC[C@@H]1N2C. The summed E-state index contributed by atoms with van der Waals surface area (Å²) in [5.41, 5.74) is 0.601. The summed E-state index contributed by atoms with van der Waals surface area (Å²) in [6.07, 6.45) is 4.07. The van der Waals surface area contributed by atoms with Crippen molar-refractivity contribution in [2.24, 2.45) is 5.92 Å². The molecule has 2 rings (SSSR count). The Hall–Kier alpha value is -0.830. The van der Waals surface area contributed by atoms with Gasteiger partial charge < -0.3 is 5.11 Å². The van der Waals surface area contributed by atoms with Crippen molar-refractivity contribution in [2.45, 2.75) is 31.8 Å². The smallest absolute Gasteiger partial charge is 0.332 e. The fourth-order valence-corrected chi connectivity index (χ4v) is 2.69. The van der Waals surface area contributed by atoms with E-state index in [1.165, 1.54) is 0 Å². The van der Waals surface area contributed by atoms with E-state index in [2.05, 4.69) is 11.8 Å². The third-order valence-corrected chi connectivity index (χ3v) is 3.41. The molecular formula is C10H15NO2. The van der Waals surface area contributed by atoms with Gasteiger partial charge in [0, 0.05) is 12.1 Å². The number of aliphatic carboxylic acids is 1. The van der Waals surface area contributed by atoms with Gasteiger partial charge in [-0.1, -0.05) is 13.0 Å². The lowest BCUT2D eigenvalue weighted by atomic mass is 9.94. The normalized spacial score (nSPS) is 38.9. The number of rotatable bonds is 1. The Morgan fingerprint density at radius 2 is 2.31 bits per heavy atom. The minimum Gasteiger partial charge on any atom is -0.478 e. The first-order chi connectivity index (χ1) is 6.11. The van der Waals surface area contributed by atoms with Crippen molar-refractivity contribution >= 4 is 5.97 Å². The fraction of sp³-hybridized carbons (Fsp3) is 0.700. The highest BCUT2D eigenvalue weighted by Gasteiger charge is 2.41. The van der Waals surface area contributed by atoms with Crippen LogP contribution in [0.15, 0.2) is 11.6 Å². The number of carboxylic acid groups (broad SMARTS) is 1. The molecule has 0 saturated carbocycles. The first-order valence-corrected chi connectivity index (χ1v) is 4.78. The van der Waals surface area contributed by atoms with Gasteiger partial charge >= 0.3 is 5.97 Å². The lowest BCUT2D eigenvalue weighted by Gasteiger charge is -2.33. The molecule has 1 unspecified atom stereocenters. The highest BCUT2D eigenvalue weighted by atomic mass is 16.4. The first-order valence-electron chi connectivity index (χ1n) is 4.78. The average Bonchev–Trinajstić information content (AvgIpc) is 2.30. The first kappa shape index (κ1) is 8.75. The summed E-state index contributed by atoms with van der Waals surface area (Å²) in [6, 6.07) is 0.729. The summed E-state index contributed by atoms with van der Waals surface area (Å²) >= 11 is 0. The maximum Gasteiger partial charge on any atom is 0.332 e. The van der Waals surface area contributed by atoms with Gasteiger partial charge in [0.2, 0.25) is 0 Å². The van der Waals surface area contributed by atoms with Crippen molar-refractivity contribution in [3.05, 3.63) is 11.6 Å². The standard InChI is InChI=1S/C10H15NO2/c1-6-5-7(10(12)13)9-4-3-8(6)11(9)2/h5-6,8-9H,3-4H2,1-2H3,(H,12,13)/t6?,8-,9+/m0/s1. The monoisotopic (exact) mass is 181 g/mol. The highest BCUT2D eigenvalue weighted by molar-refractivity contribution is 5.88. The van der Waals surface area contributed by atoms with Gasteiger partial charge in [0.15, 0.2) is 0 Å². The molecule has 0 aromatic heterocycles. The van der Waals surface area contributed by atoms with Crippen LogP contribution in [0, 0.1) is 5.92 Å². The quantitative estimate of drug-likeness (QED) is 0.658. The average molecular weight is 181 g/mol. The molecule has 2 aliphatic heterocycles. The van der Waals surface area contributed by atoms with Crippen molar-refractivity contribution in [3.8, 4) is 0 Å². The second-order valence-electron chi connectivity index (χ2n) is 4.11. The van der Waals surface area contributed by atoms with Gasteiger partial charge in [-0.05, 0) is 25.8 Å². The van der Waals surface area contributed by atoms with E-state index in [0.29, 0.717) is 17.5 Å². The number of nitrogens with zero attached hydrogens (tertiary/aromatic N) is 1. The topological polar surface area (TPSA) is 40.5 Å². The molecule has 0 spiro atoms. The van der Waals surface area contributed by atoms with Crippen molar-refractivity contribution in [3.63, 3.8) is 0 Å². The Labute approximate surface area is 78.0 Å². The van der Waals surface area contributed by atoms with Gasteiger partial charge in [0.05, 0.1) is 5.57 Å². The van der Waals surface area contributed by atoms with Crippen LogP contribution < -0.4 is 0 Å². The van der Waals surface area contributed by atoms with Gasteiger partial charge in [0.1, 0.15) is 0 Å². The number of fused-ring (bicyclic) bond motifs is 2. The predicted octanol–water partition coefficient (Wildman–Crippen LogP) is 1.11. The third-order valence-electron chi connectivity index (χ3n) is 3.41. The van der Waals surface area contributed by atoms with Gasteiger partial charge in [0.25, 0.3) is 0 Å². The van der Waals surface area contributed by atoms with Crippen molar-refractivity contribution in [2.75, 3.05) is 7.05 Å². The van der Waals surface area contributed by atoms with Crippen molar-refractivity contribution in [1.82, 2.24) is 4.90 Å². The van der Waals surface area contributed by atoms with E-state index in [1.807, 2.05) is 13.1 Å². The number of carbonyl (C=O) groups is 1. The number of hydrogen-bond acceptors (Lipinski definition) is 2. The largest absolute Gasteiger partial charge is 0.478 e. The van der Waals surface area contributed by atoms with Gasteiger partial charge in [-0.25, -0.2) is 4.79 Å². The maximum atomic E-state index is 10.9. The summed E-state index contributed by atoms with van der Waals surface area (Å²) in [5.74, 6) is -0.362. The molecule has 3 heteroatoms. The predicted molar refractivity (Wildman–Crippen MR) is 49.5 cm³/mol. The summed E-state index contributed by atoms with van der Waals surface area (Å²) in [6.45, 7) is 2.10. The Balaban J connectivity index is 2.34. The minimum absolute atomic E-state index is 0.165. The molecule has 1 saturated heterocycles. The molecule has 3 nitrogen and oxygen atoms in total. The lowest BCUT2D eigenvalue weighted by Crippen LogP contribution is -2.42. The zero-order valence-electron chi connectivity index (χ0n) is 8.03. The van der Waals surface area contributed by atoms with Crippen molar-refractivity contribution < 1.29 is 9.90 Å². The van der Waals surface area contributed by atoms with E-state index in [4.69, 9.17) is 5.11 Å². The number of carboxylic acids is 1. The summed E-state index contributed by atoms with van der Waals surface area (Å²) in [7, 11) is 2.04. The Kier molecular flexibility index (Phi) is 1.91. The fourth-order valence-electron chi connectivity index (χ4n) is 2.69. The van der Waals surface area contributed by atoms with Crippen LogP contribution in [0.5, 0.6) is 0 Å². The molecule has 0 amide bonds. The van der Waals surface area contributed by atoms with Crippen LogP contribution in [0.1, 0.15) is 19.8 Å². The Bertz CT molecular complexity index is 272. The number of likely N-dealkylation sites (N-methyl/N-ethyl adjacent to an activating group) is 1. The lowest BCUT2D eigenvalue weighted by molar-refractivity contribution is -0.133. The molecule has 1 fully saturated rings. The minimum atomic E-state index is -0.746. The van der Waals surface area contributed by atoms with Crippen LogP contribution in [0.2, 0.25) is 0 Å². The molecule has 72 valence electrons.